The van der Waals surface area contributed by atoms with Crippen LogP contribution in [0.1, 0.15) is 13.8 Å². The lowest BCUT2D eigenvalue weighted by molar-refractivity contribution is -0.0402. The van der Waals surface area contributed by atoms with Gasteiger partial charge in [0.05, 0.1) is 18.5 Å². The molecule has 0 spiro atoms. The first-order valence-corrected chi connectivity index (χ1v) is 4.80. The van der Waals surface area contributed by atoms with Crippen molar-refractivity contribution in [3.05, 3.63) is 11.9 Å². The zero-order chi connectivity index (χ0) is 10.1. The quantitative estimate of drug-likeness (QED) is 0.644. The first kappa shape index (κ1) is 11.0. The van der Waals surface area contributed by atoms with Gasteiger partial charge in [-0.3, -0.25) is 4.90 Å². The van der Waals surface area contributed by atoms with Crippen LogP contribution < -0.4 is 0 Å². The van der Waals surface area contributed by atoms with Gasteiger partial charge in [0.1, 0.15) is 11.6 Å². The van der Waals surface area contributed by atoms with E-state index < -0.39 is 0 Å². The molecule has 2 nitrogen and oxygen atoms in total. The topological polar surface area (TPSA) is 12.5 Å². The van der Waals surface area contributed by atoms with Crippen molar-refractivity contribution in [1.82, 2.24) is 4.90 Å². The molecule has 0 radical (unpaired) electrons. The Morgan fingerprint density at radius 3 is 2.77 bits per heavy atom. The minimum absolute atomic E-state index is 0.00579. The summed E-state index contributed by atoms with van der Waals surface area (Å²) in [6.45, 7) is 4.44. The number of halogens is 2. The van der Waals surface area contributed by atoms with Crippen molar-refractivity contribution in [2.45, 2.75) is 25.6 Å². The maximum Gasteiger partial charge on any atom is 0.116 e. The number of allylic oxidation sites excluding steroid dienone is 1. The zero-order valence-electron chi connectivity index (χ0n) is 8.18. The van der Waals surface area contributed by atoms with Crippen LogP contribution in [0.3, 0.4) is 0 Å². The molecule has 0 bridgehead atoms. The Balaban J connectivity index is 2.66. The largest absolute Gasteiger partial charge is 0.359 e. The van der Waals surface area contributed by atoms with Gasteiger partial charge in [-0.25, -0.2) is 4.39 Å². The fourth-order valence-corrected chi connectivity index (χ4v) is 1.40. The van der Waals surface area contributed by atoms with Gasteiger partial charge in [0.15, 0.2) is 0 Å². The summed E-state index contributed by atoms with van der Waals surface area (Å²) in [6, 6.07) is -0.00579. The summed E-state index contributed by atoms with van der Waals surface area (Å²) in [5, 5.41) is 0. The highest BCUT2D eigenvalue weighted by Gasteiger charge is 2.36. The highest BCUT2D eigenvalue weighted by molar-refractivity contribution is 6.19. The van der Waals surface area contributed by atoms with Crippen LogP contribution in [-0.4, -0.2) is 36.2 Å². The van der Waals surface area contributed by atoms with E-state index in [1.54, 1.807) is 0 Å². The highest BCUT2D eigenvalue weighted by Crippen LogP contribution is 2.26. The summed E-state index contributed by atoms with van der Waals surface area (Å²) in [4.78, 5) is 1.99. The van der Waals surface area contributed by atoms with Crippen molar-refractivity contribution in [3.8, 4) is 0 Å². The Bertz CT molecular complexity index is 218. The van der Waals surface area contributed by atoms with E-state index in [0.717, 1.165) is 0 Å². The second kappa shape index (κ2) is 3.95. The lowest BCUT2D eigenvalue weighted by atomic mass is 10.2. The average molecular weight is 208 g/mol. The van der Waals surface area contributed by atoms with E-state index in [2.05, 4.69) is 0 Å². The van der Waals surface area contributed by atoms with Crippen molar-refractivity contribution in [3.63, 3.8) is 0 Å². The van der Waals surface area contributed by atoms with E-state index in [1.807, 2.05) is 25.8 Å². The van der Waals surface area contributed by atoms with Crippen molar-refractivity contribution >= 4 is 11.6 Å². The Kier molecular flexibility index (Phi) is 3.33. The molecule has 1 saturated heterocycles. The van der Waals surface area contributed by atoms with Gasteiger partial charge in [-0.15, -0.1) is 11.6 Å². The molecule has 4 heteroatoms. The third kappa shape index (κ3) is 2.42. The first-order valence-electron chi connectivity index (χ1n) is 4.26. The maximum absolute atomic E-state index is 12.9. The van der Waals surface area contributed by atoms with Crippen LogP contribution in [-0.2, 0) is 4.74 Å². The van der Waals surface area contributed by atoms with Crippen molar-refractivity contribution in [2.24, 2.45) is 0 Å². The minimum atomic E-state index is -0.312. The molecule has 76 valence electrons. The van der Waals surface area contributed by atoms with E-state index >= 15 is 0 Å². The van der Waals surface area contributed by atoms with Gasteiger partial charge in [0, 0.05) is 0 Å². The third-order valence-corrected chi connectivity index (χ3v) is 2.71. The molecule has 1 rings (SSSR count). The lowest BCUT2D eigenvalue weighted by Crippen LogP contribution is -2.39. The Labute approximate surface area is 83.3 Å². The van der Waals surface area contributed by atoms with Crippen LogP contribution in [0.5, 0.6) is 0 Å². The number of likely N-dealkylation sites (N-methyl/N-ethyl adjacent to an activating group) is 1. The molecular weight excluding hydrogens is 193 g/mol. The molecule has 1 aliphatic heterocycles. The van der Waals surface area contributed by atoms with Gasteiger partial charge in [0.2, 0.25) is 0 Å². The van der Waals surface area contributed by atoms with E-state index in [-0.39, 0.29) is 23.5 Å². The third-order valence-electron chi connectivity index (χ3n) is 2.46. The number of hydrogen-bond donors (Lipinski definition) is 0. The number of rotatable bonds is 2. The molecule has 0 N–H and O–H groups in total. The number of hydrogen-bond acceptors (Lipinski definition) is 2. The van der Waals surface area contributed by atoms with Crippen LogP contribution in [0.25, 0.3) is 0 Å². The molecule has 0 aromatic carbocycles. The molecule has 1 fully saturated rings. The van der Waals surface area contributed by atoms with Crippen LogP contribution in [0.4, 0.5) is 4.39 Å². The molecule has 0 saturated carbocycles. The van der Waals surface area contributed by atoms with Crippen molar-refractivity contribution in [2.75, 3.05) is 19.5 Å². The lowest BCUT2D eigenvalue weighted by Gasteiger charge is -2.28. The van der Waals surface area contributed by atoms with E-state index in [0.29, 0.717) is 6.61 Å². The molecule has 0 aliphatic carbocycles. The molecule has 1 atom stereocenters. The fourth-order valence-electron chi connectivity index (χ4n) is 1.32. The fraction of sp³-hybridized carbons (Fsp3) is 0.778. The van der Waals surface area contributed by atoms with E-state index in [4.69, 9.17) is 16.3 Å². The zero-order valence-corrected chi connectivity index (χ0v) is 8.94. The van der Waals surface area contributed by atoms with Gasteiger partial charge in [-0.2, -0.15) is 0 Å². The van der Waals surface area contributed by atoms with E-state index in [9.17, 15) is 4.39 Å². The average Bonchev–Trinajstić information content (AvgIpc) is 2.32. The minimum Gasteiger partial charge on any atom is -0.359 e. The molecule has 1 heterocycles. The van der Waals surface area contributed by atoms with Crippen molar-refractivity contribution in [1.29, 1.82) is 0 Å². The van der Waals surface area contributed by atoms with Gasteiger partial charge in [-0.05, 0) is 27.0 Å². The number of ether oxygens (including phenoxy) is 1. The molecule has 0 aromatic rings. The van der Waals surface area contributed by atoms with Crippen LogP contribution in [0.15, 0.2) is 11.9 Å². The van der Waals surface area contributed by atoms with Crippen LogP contribution in [0, 0.1) is 0 Å². The summed E-state index contributed by atoms with van der Waals surface area (Å²) < 4.78 is 18.3. The predicted octanol–water partition coefficient (Wildman–Crippen LogP) is 2.15. The highest BCUT2D eigenvalue weighted by atomic mass is 35.5. The Morgan fingerprint density at radius 2 is 2.38 bits per heavy atom. The monoisotopic (exact) mass is 207 g/mol. The molecule has 1 unspecified atom stereocenters. The normalized spacial score (nSPS) is 29.6. The van der Waals surface area contributed by atoms with Crippen molar-refractivity contribution < 1.29 is 9.13 Å². The van der Waals surface area contributed by atoms with Crippen LogP contribution in [0.2, 0.25) is 0 Å². The molecule has 0 aromatic heterocycles. The Morgan fingerprint density at radius 1 is 1.77 bits per heavy atom. The van der Waals surface area contributed by atoms with Crippen LogP contribution >= 0.6 is 11.6 Å². The van der Waals surface area contributed by atoms with Gasteiger partial charge in [-0.1, -0.05) is 0 Å². The second-order valence-electron chi connectivity index (χ2n) is 3.68. The van der Waals surface area contributed by atoms with Gasteiger partial charge < -0.3 is 4.74 Å². The predicted molar refractivity (Wildman–Crippen MR) is 51.5 cm³/mol. The molecule has 13 heavy (non-hydrogen) atoms. The van der Waals surface area contributed by atoms with Gasteiger partial charge >= 0.3 is 0 Å². The maximum atomic E-state index is 12.9. The standard InChI is InChI=1S/C9H15ClFNO/c1-9(2)12(3)8(6-13-9)4-7(11)5-10/h4,8H,5-6H2,1-3H3/b7-4+. The van der Waals surface area contributed by atoms with E-state index in [1.165, 1.54) is 6.08 Å². The molecule has 1 aliphatic rings. The summed E-state index contributed by atoms with van der Waals surface area (Å²) in [6.07, 6.45) is 1.52. The number of alkyl halides is 1. The molecular formula is C9H15ClFNO. The summed E-state index contributed by atoms with van der Waals surface area (Å²) in [5.41, 5.74) is -0.312. The Hall–Kier alpha value is -0.120. The second-order valence-corrected chi connectivity index (χ2v) is 3.95. The molecule has 0 amide bonds. The summed E-state index contributed by atoms with van der Waals surface area (Å²) >= 11 is 5.35. The SMILES string of the molecule is CN1C(/C=C(/F)CCl)COC1(C)C. The summed E-state index contributed by atoms with van der Waals surface area (Å²) in [7, 11) is 1.91. The van der Waals surface area contributed by atoms with Gasteiger partial charge in [0.25, 0.3) is 0 Å². The smallest absolute Gasteiger partial charge is 0.116 e. The summed E-state index contributed by atoms with van der Waals surface area (Å²) in [5.74, 6) is -0.357. The first-order chi connectivity index (χ1) is 5.97. The number of nitrogens with zero attached hydrogens (tertiary/aromatic N) is 1.